The first kappa shape index (κ1) is 14.9. The minimum atomic E-state index is -3.28. The lowest BCUT2D eigenvalue weighted by Gasteiger charge is -2.16. The second kappa shape index (κ2) is 5.29. The molecule has 1 aliphatic carbocycles. The average molecular weight is 358 g/mol. The van der Waals surface area contributed by atoms with Crippen LogP contribution in [-0.4, -0.2) is 52.3 Å². The van der Waals surface area contributed by atoms with E-state index in [0.717, 1.165) is 55.0 Å². The highest BCUT2D eigenvalue weighted by atomic mass is 32.2. The maximum Gasteiger partial charge on any atom is 0.255 e. The normalized spacial score (nSPS) is 21.9. The van der Waals surface area contributed by atoms with E-state index in [1.807, 2.05) is 18.5 Å². The third kappa shape index (κ3) is 2.50. The van der Waals surface area contributed by atoms with Gasteiger partial charge < -0.3 is 9.88 Å². The molecule has 0 radical (unpaired) electrons. The van der Waals surface area contributed by atoms with Crippen molar-refractivity contribution in [2.45, 2.75) is 24.5 Å². The third-order valence-electron chi connectivity index (χ3n) is 4.91. The van der Waals surface area contributed by atoms with Crippen LogP contribution in [0.4, 0.5) is 5.95 Å². The number of hydrogen-bond donors (Lipinski definition) is 1. The molecule has 5 rings (SSSR count). The molecule has 1 atom stereocenters. The summed E-state index contributed by atoms with van der Waals surface area (Å²) in [5.41, 5.74) is 2.74. The second-order valence-electron chi connectivity index (χ2n) is 6.75. The summed E-state index contributed by atoms with van der Waals surface area (Å²) in [7, 11) is -3.28. The highest BCUT2D eigenvalue weighted by molar-refractivity contribution is 7.91. The molecule has 130 valence electrons. The molecular weight excluding hydrogens is 340 g/mol. The van der Waals surface area contributed by atoms with E-state index in [2.05, 4.69) is 28.7 Å². The first-order chi connectivity index (χ1) is 12.1. The van der Waals surface area contributed by atoms with Gasteiger partial charge in [0.1, 0.15) is 0 Å². The molecule has 2 fully saturated rings. The number of aromatic amines is 1. The summed E-state index contributed by atoms with van der Waals surface area (Å²) in [4.78, 5) is 14.2. The Morgan fingerprint density at radius 3 is 2.92 bits per heavy atom. The van der Waals surface area contributed by atoms with Crippen molar-refractivity contribution in [3.63, 3.8) is 0 Å². The molecule has 0 amide bonds. The van der Waals surface area contributed by atoms with Gasteiger partial charge in [0.15, 0.2) is 5.65 Å². The number of H-pyrrole nitrogens is 1. The van der Waals surface area contributed by atoms with Gasteiger partial charge >= 0.3 is 0 Å². The Balaban J connectivity index is 1.42. The largest absolute Gasteiger partial charge is 0.345 e. The van der Waals surface area contributed by atoms with Crippen molar-refractivity contribution in [1.82, 2.24) is 19.4 Å². The average Bonchev–Trinajstić information content (AvgIpc) is 3.03. The lowest BCUT2D eigenvalue weighted by Crippen LogP contribution is -2.22. The van der Waals surface area contributed by atoms with E-state index in [1.54, 1.807) is 12.4 Å². The van der Waals surface area contributed by atoms with Crippen LogP contribution in [0.5, 0.6) is 0 Å². The van der Waals surface area contributed by atoms with Crippen LogP contribution in [0.2, 0.25) is 0 Å². The zero-order chi connectivity index (χ0) is 17.0. The van der Waals surface area contributed by atoms with Gasteiger partial charge in [-0.2, -0.15) is 4.40 Å². The number of nitrogens with zero attached hydrogens (tertiary/aromatic N) is 5. The van der Waals surface area contributed by atoms with Gasteiger partial charge in [-0.3, -0.25) is 4.40 Å². The zero-order valence-corrected chi connectivity index (χ0v) is 14.4. The van der Waals surface area contributed by atoms with E-state index >= 15 is 0 Å². The van der Waals surface area contributed by atoms with Crippen LogP contribution in [0.15, 0.2) is 29.1 Å². The molecule has 1 aliphatic heterocycles. The molecule has 0 spiro atoms. The second-order valence-corrected chi connectivity index (χ2v) is 8.66. The van der Waals surface area contributed by atoms with Crippen LogP contribution < -0.4 is 4.90 Å². The van der Waals surface area contributed by atoms with Crippen molar-refractivity contribution < 1.29 is 8.42 Å². The fourth-order valence-corrected chi connectivity index (χ4v) is 4.64. The summed E-state index contributed by atoms with van der Waals surface area (Å²) in [5, 5.41) is -0.244. The number of imidazole rings is 1. The van der Waals surface area contributed by atoms with Crippen LogP contribution in [-0.2, 0) is 10.0 Å². The molecular formula is C16H18N6O2S. The van der Waals surface area contributed by atoms with E-state index < -0.39 is 10.0 Å². The van der Waals surface area contributed by atoms with E-state index in [1.165, 1.54) is 0 Å². The van der Waals surface area contributed by atoms with Crippen LogP contribution in [0.3, 0.4) is 0 Å². The first-order valence-corrected chi connectivity index (χ1v) is 9.96. The predicted octanol–water partition coefficient (Wildman–Crippen LogP) is 1.60. The molecule has 25 heavy (non-hydrogen) atoms. The Morgan fingerprint density at radius 1 is 1.24 bits per heavy atom. The topological polar surface area (TPSA) is 95.7 Å². The summed E-state index contributed by atoms with van der Waals surface area (Å²) in [5.74, 6) is 0.993. The van der Waals surface area contributed by atoms with E-state index in [4.69, 9.17) is 0 Å². The Morgan fingerprint density at radius 2 is 2.08 bits per heavy atom. The molecule has 0 aromatic carbocycles. The van der Waals surface area contributed by atoms with Crippen LogP contribution >= 0.6 is 0 Å². The van der Waals surface area contributed by atoms with Crippen molar-refractivity contribution in [3.05, 3.63) is 24.7 Å². The number of anilines is 1. The molecule has 1 unspecified atom stereocenters. The molecule has 2 aliphatic rings. The Labute approximate surface area is 144 Å². The van der Waals surface area contributed by atoms with E-state index in [9.17, 15) is 8.42 Å². The minimum absolute atomic E-state index is 0.129. The quantitative estimate of drug-likeness (QED) is 0.715. The lowest BCUT2D eigenvalue weighted by atomic mass is 10.1. The fraction of sp³-hybridized carbons (Fsp3) is 0.438. The van der Waals surface area contributed by atoms with Crippen molar-refractivity contribution in [1.29, 1.82) is 0 Å². The van der Waals surface area contributed by atoms with Gasteiger partial charge in [-0.1, -0.05) is 0 Å². The molecule has 1 N–H and O–H groups in total. The Bertz CT molecular complexity index is 1080. The molecule has 9 heteroatoms. The molecule has 1 saturated heterocycles. The summed E-state index contributed by atoms with van der Waals surface area (Å²) >= 11 is 0. The monoisotopic (exact) mass is 358 g/mol. The Hall–Kier alpha value is -2.42. The summed E-state index contributed by atoms with van der Waals surface area (Å²) < 4.78 is 29.8. The van der Waals surface area contributed by atoms with Gasteiger partial charge in [-0.15, -0.1) is 0 Å². The van der Waals surface area contributed by atoms with Crippen molar-refractivity contribution in [3.8, 4) is 0 Å². The number of nitrogens with one attached hydrogen (secondary N) is 1. The smallest absolute Gasteiger partial charge is 0.255 e. The van der Waals surface area contributed by atoms with Crippen molar-refractivity contribution in [2.75, 3.05) is 18.0 Å². The first-order valence-electron chi connectivity index (χ1n) is 8.45. The number of fused-ring (bicyclic) bond motifs is 3. The SMILES string of the molecule is O=S(=O)(N=CC1CCN(c2ncc3cnc4[nH]ccc4n23)C1)C1CC1. The summed E-state index contributed by atoms with van der Waals surface area (Å²) in [6, 6.07) is 1.98. The predicted molar refractivity (Wildman–Crippen MR) is 95.6 cm³/mol. The van der Waals surface area contributed by atoms with Gasteiger partial charge in [0.2, 0.25) is 5.95 Å². The molecule has 3 aromatic rings. The highest BCUT2D eigenvalue weighted by Gasteiger charge is 2.35. The van der Waals surface area contributed by atoms with Gasteiger partial charge in [-0.25, -0.2) is 18.4 Å². The number of hydrogen-bond acceptors (Lipinski definition) is 5. The molecule has 1 saturated carbocycles. The number of aromatic nitrogens is 4. The summed E-state index contributed by atoms with van der Waals surface area (Å²) in [6.45, 7) is 1.55. The lowest BCUT2D eigenvalue weighted by molar-refractivity contribution is 0.596. The fourth-order valence-electron chi connectivity index (χ4n) is 3.40. The standard InChI is InChI=1S/C16H18N6O2S/c23-25(24,13-1-2-13)20-7-11-4-6-21(10-11)16-19-9-12-8-18-15-14(22(12)16)3-5-17-15/h3,5,7-9,11,13,17H,1-2,4,6,10H2. The van der Waals surface area contributed by atoms with Crippen molar-refractivity contribution >= 4 is 38.9 Å². The van der Waals surface area contributed by atoms with Crippen LogP contribution in [0.25, 0.3) is 16.7 Å². The molecule has 0 bridgehead atoms. The van der Waals surface area contributed by atoms with E-state index in [0.29, 0.717) is 0 Å². The van der Waals surface area contributed by atoms with Gasteiger partial charge in [0.05, 0.1) is 28.7 Å². The maximum atomic E-state index is 11.9. The van der Waals surface area contributed by atoms with Crippen molar-refractivity contribution in [2.24, 2.45) is 10.3 Å². The molecule has 3 aromatic heterocycles. The minimum Gasteiger partial charge on any atom is -0.345 e. The van der Waals surface area contributed by atoms with Crippen LogP contribution in [0.1, 0.15) is 19.3 Å². The summed E-state index contributed by atoms with van der Waals surface area (Å²) in [6.07, 6.45) is 9.47. The van der Waals surface area contributed by atoms with Gasteiger partial charge in [0, 0.05) is 31.4 Å². The number of rotatable bonds is 4. The van der Waals surface area contributed by atoms with Gasteiger partial charge in [-0.05, 0) is 25.3 Å². The third-order valence-corrected chi connectivity index (χ3v) is 6.64. The van der Waals surface area contributed by atoms with E-state index in [-0.39, 0.29) is 11.2 Å². The Kier molecular flexibility index (Phi) is 3.15. The maximum absolute atomic E-state index is 11.9. The molecule has 4 heterocycles. The zero-order valence-electron chi connectivity index (χ0n) is 13.5. The highest BCUT2D eigenvalue weighted by Crippen LogP contribution is 2.30. The molecule has 8 nitrogen and oxygen atoms in total. The number of sulfonamides is 1. The van der Waals surface area contributed by atoms with Crippen LogP contribution in [0, 0.1) is 5.92 Å². The van der Waals surface area contributed by atoms with Gasteiger partial charge in [0.25, 0.3) is 10.0 Å².